The van der Waals surface area contributed by atoms with E-state index >= 15 is 0 Å². The summed E-state index contributed by atoms with van der Waals surface area (Å²) in [7, 11) is 1.67. The predicted octanol–water partition coefficient (Wildman–Crippen LogP) is 3.19. The van der Waals surface area contributed by atoms with Crippen LogP contribution in [0.1, 0.15) is 22.4 Å². The summed E-state index contributed by atoms with van der Waals surface area (Å²) in [6.07, 6.45) is 0. The zero-order valence-electron chi connectivity index (χ0n) is 11.9. The highest BCUT2D eigenvalue weighted by atomic mass is 16.5. The van der Waals surface area contributed by atoms with Gasteiger partial charge in [-0.1, -0.05) is 18.2 Å². The second kappa shape index (κ2) is 6.07. The first-order chi connectivity index (χ1) is 9.63. The summed E-state index contributed by atoms with van der Waals surface area (Å²) < 4.78 is 5.30. The van der Waals surface area contributed by atoms with E-state index in [-0.39, 0.29) is 0 Å². The quantitative estimate of drug-likeness (QED) is 0.924. The predicted molar refractivity (Wildman–Crippen MR) is 78.7 cm³/mol. The fraction of sp³-hybridized carbons (Fsp3) is 0.250. The van der Waals surface area contributed by atoms with Gasteiger partial charge < -0.3 is 10.1 Å². The maximum atomic E-state index is 8.97. The summed E-state index contributed by atoms with van der Waals surface area (Å²) in [4.78, 5) is 4.26. The molecule has 0 aliphatic heterocycles. The first-order valence-electron chi connectivity index (χ1n) is 6.39. The summed E-state index contributed by atoms with van der Waals surface area (Å²) >= 11 is 0. The average Bonchev–Trinajstić information content (AvgIpc) is 2.47. The molecule has 0 aliphatic rings. The Morgan fingerprint density at radius 2 is 1.95 bits per heavy atom. The highest BCUT2D eigenvalue weighted by Crippen LogP contribution is 2.19. The third kappa shape index (κ3) is 3.07. The van der Waals surface area contributed by atoms with Crippen molar-refractivity contribution in [2.75, 3.05) is 12.4 Å². The van der Waals surface area contributed by atoms with E-state index in [2.05, 4.69) is 16.4 Å². The standard InChI is InChI=1S/C16H17N3O/c1-11-5-7-16(19-14(11)9-17)18-10-13-6-4-12(2)15(8-13)20-3/h4-8H,10H2,1-3H3,(H,18,19). The van der Waals surface area contributed by atoms with E-state index in [1.54, 1.807) is 7.11 Å². The molecule has 0 saturated carbocycles. The van der Waals surface area contributed by atoms with Gasteiger partial charge in [-0.25, -0.2) is 4.98 Å². The molecule has 1 N–H and O–H groups in total. The van der Waals surface area contributed by atoms with Gasteiger partial charge in [-0.3, -0.25) is 0 Å². The maximum Gasteiger partial charge on any atom is 0.145 e. The van der Waals surface area contributed by atoms with Crippen molar-refractivity contribution in [3.05, 3.63) is 52.7 Å². The summed E-state index contributed by atoms with van der Waals surface area (Å²) in [5.41, 5.74) is 3.55. The van der Waals surface area contributed by atoms with Crippen LogP contribution in [0.2, 0.25) is 0 Å². The van der Waals surface area contributed by atoms with Gasteiger partial charge in [0.05, 0.1) is 7.11 Å². The first-order valence-corrected chi connectivity index (χ1v) is 6.39. The van der Waals surface area contributed by atoms with E-state index in [4.69, 9.17) is 10.00 Å². The molecule has 0 unspecified atom stereocenters. The summed E-state index contributed by atoms with van der Waals surface area (Å²) in [5, 5.41) is 12.2. The molecular formula is C16H17N3O. The molecule has 0 fully saturated rings. The van der Waals surface area contributed by atoms with Crippen LogP contribution in [0.3, 0.4) is 0 Å². The van der Waals surface area contributed by atoms with Gasteiger partial charge in [-0.15, -0.1) is 0 Å². The molecule has 1 aromatic carbocycles. The van der Waals surface area contributed by atoms with Crippen molar-refractivity contribution in [3.8, 4) is 11.8 Å². The molecule has 0 amide bonds. The molecule has 20 heavy (non-hydrogen) atoms. The van der Waals surface area contributed by atoms with Crippen molar-refractivity contribution >= 4 is 5.82 Å². The van der Waals surface area contributed by atoms with Crippen LogP contribution in [0.15, 0.2) is 30.3 Å². The molecule has 1 aromatic heterocycles. The summed E-state index contributed by atoms with van der Waals surface area (Å²) in [5.74, 6) is 1.57. The minimum Gasteiger partial charge on any atom is -0.496 e. The molecule has 4 nitrogen and oxygen atoms in total. The monoisotopic (exact) mass is 267 g/mol. The van der Waals surface area contributed by atoms with E-state index < -0.39 is 0 Å². The van der Waals surface area contributed by atoms with Gasteiger partial charge in [0, 0.05) is 6.54 Å². The second-order valence-electron chi connectivity index (χ2n) is 4.63. The van der Waals surface area contributed by atoms with Crippen LogP contribution >= 0.6 is 0 Å². The molecule has 0 aliphatic carbocycles. The van der Waals surface area contributed by atoms with Crippen LogP contribution in [0.25, 0.3) is 0 Å². The SMILES string of the molecule is COc1cc(CNc2ccc(C)c(C#N)n2)ccc1C. The lowest BCUT2D eigenvalue weighted by molar-refractivity contribution is 0.411. The Hall–Kier alpha value is -2.54. The molecule has 0 saturated heterocycles. The number of hydrogen-bond acceptors (Lipinski definition) is 4. The third-order valence-electron chi connectivity index (χ3n) is 3.15. The van der Waals surface area contributed by atoms with Gasteiger partial charge in [0.1, 0.15) is 23.3 Å². The van der Waals surface area contributed by atoms with Crippen LogP contribution in [-0.2, 0) is 6.54 Å². The molecular weight excluding hydrogens is 250 g/mol. The number of aryl methyl sites for hydroxylation is 2. The van der Waals surface area contributed by atoms with Crippen LogP contribution in [0, 0.1) is 25.2 Å². The number of anilines is 1. The fourth-order valence-electron chi connectivity index (χ4n) is 1.91. The number of pyridine rings is 1. The zero-order valence-corrected chi connectivity index (χ0v) is 11.9. The minimum absolute atomic E-state index is 0.455. The maximum absolute atomic E-state index is 8.97. The number of nitrogens with one attached hydrogen (secondary N) is 1. The third-order valence-corrected chi connectivity index (χ3v) is 3.15. The van der Waals surface area contributed by atoms with Crippen LogP contribution < -0.4 is 10.1 Å². The van der Waals surface area contributed by atoms with Crippen molar-refractivity contribution < 1.29 is 4.74 Å². The fourth-order valence-corrected chi connectivity index (χ4v) is 1.91. The largest absolute Gasteiger partial charge is 0.496 e. The van der Waals surface area contributed by atoms with Crippen LogP contribution in [-0.4, -0.2) is 12.1 Å². The van der Waals surface area contributed by atoms with Crippen molar-refractivity contribution in [2.24, 2.45) is 0 Å². The van der Waals surface area contributed by atoms with E-state index in [0.717, 1.165) is 22.4 Å². The number of nitriles is 1. The number of aromatic nitrogens is 1. The lowest BCUT2D eigenvalue weighted by Crippen LogP contribution is -2.03. The number of rotatable bonds is 4. The van der Waals surface area contributed by atoms with E-state index in [1.165, 1.54) is 0 Å². The Kier molecular flexibility index (Phi) is 4.21. The molecule has 0 atom stereocenters. The van der Waals surface area contributed by atoms with Gasteiger partial charge in [0.2, 0.25) is 0 Å². The van der Waals surface area contributed by atoms with Gasteiger partial charge in [-0.05, 0) is 42.7 Å². The topological polar surface area (TPSA) is 57.9 Å². The lowest BCUT2D eigenvalue weighted by Gasteiger charge is -2.10. The van der Waals surface area contributed by atoms with Crippen LogP contribution in [0.4, 0.5) is 5.82 Å². The van der Waals surface area contributed by atoms with Crippen molar-refractivity contribution in [1.29, 1.82) is 5.26 Å². The second-order valence-corrected chi connectivity index (χ2v) is 4.63. The summed E-state index contributed by atoms with van der Waals surface area (Å²) in [6.45, 7) is 4.52. The number of ether oxygens (including phenoxy) is 1. The highest BCUT2D eigenvalue weighted by Gasteiger charge is 2.03. The van der Waals surface area contributed by atoms with Gasteiger partial charge in [-0.2, -0.15) is 5.26 Å². The Bertz CT molecular complexity index is 659. The molecule has 0 bridgehead atoms. The van der Waals surface area contributed by atoms with Crippen LogP contribution in [0.5, 0.6) is 5.75 Å². The minimum atomic E-state index is 0.455. The molecule has 0 radical (unpaired) electrons. The van der Waals surface area contributed by atoms with Gasteiger partial charge >= 0.3 is 0 Å². The smallest absolute Gasteiger partial charge is 0.145 e. The average molecular weight is 267 g/mol. The van der Waals surface area contributed by atoms with Gasteiger partial charge in [0.15, 0.2) is 0 Å². The van der Waals surface area contributed by atoms with Crippen molar-refractivity contribution in [1.82, 2.24) is 4.98 Å². The Morgan fingerprint density at radius 1 is 1.20 bits per heavy atom. The van der Waals surface area contributed by atoms with Gasteiger partial charge in [0.25, 0.3) is 0 Å². The van der Waals surface area contributed by atoms with E-state index in [0.29, 0.717) is 18.1 Å². The number of methoxy groups -OCH3 is 1. The number of benzene rings is 1. The zero-order chi connectivity index (χ0) is 14.5. The molecule has 0 spiro atoms. The molecule has 102 valence electrons. The Balaban J connectivity index is 2.11. The molecule has 2 aromatic rings. The van der Waals surface area contributed by atoms with Crippen molar-refractivity contribution in [2.45, 2.75) is 20.4 Å². The Labute approximate surface area is 119 Å². The first kappa shape index (κ1) is 13.9. The normalized spacial score (nSPS) is 9.90. The van der Waals surface area contributed by atoms with Crippen molar-refractivity contribution in [3.63, 3.8) is 0 Å². The molecule has 2 rings (SSSR count). The van der Waals surface area contributed by atoms with E-state index in [1.807, 2.05) is 44.2 Å². The highest BCUT2D eigenvalue weighted by molar-refractivity contribution is 5.44. The molecule has 1 heterocycles. The summed E-state index contributed by atoms with van der Waals surface area (Å²) in [6, 6.07) is 11.9. The lowest BCUT2D eigenvalue weighted by atomic mass is 10.1. The number of nitrogens with zero attached hydrogens (tertiary/aromatic N) is 2. The number of hydrogen-bond donors (Lipinski definition) is 1. The molecule has 4 heteroatoms. The Morgan fingerprint density at radius 3 is 2.65 bits per heavy atom. The van der Waals surface area contributed by atoms with E-state index in [9.17, 15) is 0 Å².